The van der Waals surface area contributed by atoms with Crippen molar-refractivity contribution in [2.45, 2.75) is 6.42 Å². The molecule has 0 saturated heterocycles. The van der Waals surface area contributed by atoms with E-state index < -0.39 is 0 Å². The van der Waals surface area contributed by atoms with E-state index >= 15 is 0 Å². The van der Waals surface area contributed by atoms with Crippen LogP contribution in [0.25, 0.3) is 0 Å². The van der Waals surface area contributed by atoms with Crippen LogP contribution in [0.1, 0.15) is 6.42 Å². The predicted molar refractivity (Wildman–Crippen MR) is 72.4 cm³/mol. The van der Waals surface area contributed by atoms with E-state index in [1.54, 1.807) is 18.2 Å². The first-order chi connectivity index (χ1) is 9.29. The maximum absolute atomic E-state index is 11.6. The van der Waals surface area contributed by atoms with Crippen molar-refractivity contribution in [1.29, 1.82) is 0 Å². The highest BCUT2D eigenvalue weighted by Gasteiger charge is 2.12. The lowest BCUT2D eigenvalue weighted by molar-refractivity contribution is -0.115. The van der Waals surface area contributed by atoms with E-state index in [1.807, 2.05) is 0 Å². The molecule has 5 nitrogen and oxygen atoms in total. The average molecular weight is 260 g/mol. The first-order valence-electron chi connectivity index (χ1n) is 6.13. The van der Waals surface area contributed by atoms with Gasteiger partial charge in [0, 0.05) is 24.7 Å². The molecule has 0 radical (unpaired) electrons. The topological polar surface area (TPSA) is 59.6 Å². The van der Waals surface area contributed by atoms with Crippen molar-refractivity contribution in [2.24, 2.45) is 0 Å². The van der Waals surface area contributed by atoms with E-state index in [2.05, 4.69) is 16.6 Å². The first-order valence-corrected chi connectivity index (χ1v) is 6.13. The van der Waals surface area contributed by atoms with Gasteiger partial charge in [-0.25, -0.2) is 0 Å². The molecule has 2 N–H and O–H groups in total. The summed E-state index contributed by atoms with van der Waals surface area (Å²) in [4.78, 5) is 11.6. The summed E-state index contributed by atoms with van der Waals surface area (Å²) in [7, 11) is 0. The van der Waals surface area contributed by atoms with Crippen molar-refractivity contribution >= 4 is 11.6 Å². The summed E-state index contributed by atoms with van der Waals surface area (Å²) >= 11 is 0. The number of rotatable bonds is 5. The number of terminal acetylenes is 1. The van der Waals surface area contributed by atoms with Crippen LogP contribution in [0.2, 0.25) is 0 Å². The number of amides is 1. The van der Waals surface area contributed by atoms with Gasteiger partial charge in [-0.1, -0.05) is 0 Å². The molecule has 1 aliphatic heterocycles. The third-order valence-corrected chi connectivity index (χ3v) is 2.56. The zero-order chi connectivity index (χ0) is 13.5. The second-order valence-electron chi connectivity index (χ2n) is 4.04. The van der Waals surface area contributed by atoms with E-state index in [4.69, 9.17) is 15.9 Å². The minimum Gasteiger partial charge on any atom is -0.486 e. The highest BCUT2D eigenvalue weighted by atomic mass is 16.6. The Morgan fingerprint density at radius 3 is 2.89 bits per heavy atom. The van der Waals surface area contributed by atoms with Gasteiger partial charge in [0.25, 0.3) is 0 Å². The Morgan fingerprint density at radius 1 is 1.32 bits per heavy atom. The summed E-state index contributed by atoms with van der Waals surface area (Å²) in [5.74, 6) is 3.75. The molecule has 1 heterocycles. The molecule has 0 saturated carbocycles. The second-order valence-corrected chi connectivity index (χ2v) is 4.04. The molecule has 0 aliphatic carbocycles. The van der Waals surface area contributed by atoms with E-state index in [0.29, 0.717) is 43.4 Å². The third-order valence-electron chi connectivity index (χ3n) is 2.56. The Morgan fingerprint density at radius 2 is 2.11 bits per heavy atom. The molecule has 1 aromatic carbocycles. The minimum absolute atomic E-state index is 0.117. The zero-order valence-corrected chi connectivity index (χ0v) is 10.6. The minimum atomic E-state index is -0.117. The maximum Gasteiger partial charge on any atom is 0.238 e. The van der Waals surface area contributed by atoms with Gasteiger partial charge in [0.15, 0.2) is 11.5 Å². The van der Waals surface area contributed by atoms with Crippen LogP contribution in [0.4, 0.5) is 5.69 Å². The Labute approximate surface area is 112 Å². The van der Waals surface area contributed by atoms with Crippen LogP contribution in [0, 0.1) is 12.3 Å². The fourth-order valence-corrected chi connectivity index (χ4v) is 1.69. The molecule has 0 bridgehead atoms. The molecule has 1 amide bonds. The van der Waals surface area contributed by atoms with Gasteiger partial charge in [-0.2, -0.15) is 0 Å². The molecule has 1 aliphatic rings. The van der Waals surface area contributed by atoms with Crippen LogP contribution >= 0.6 is 0 Å². The zero-order valence-electron chi connectivity index (χ0n) is 10.6. The van der Waals surface area contributed by atoms with Gasteiger partial charge in [-0.05, 0) is 12.1 Å². The van der Waals surface area contributed by atoms with Gasteiger partial charge in [0.2, 0.25) is 5.91 Å². The lowest BCUT2D eigenvalue weighted by Gasteiger charge is -2.19. The van der Waals surface area contributed by atoms with Crippen LogP contribution in [-0.4, -0.2) is 32.2 Å². The number of benzene rings is 1. The van der Waals surface area contributed by atoms with Crippen LogP contribution < -0.4 is 20.1 Å². The van der Waals surface area contributed by atoms with Gasteiger partial charge in [-0.15, -0.1) is 12.3 Å². The number of carbonyl (C=O) groups is 1. The lowest BCUT2D eigenvalue weighted by atomic mass is 10.2. The summed E-state index contributed by atoms with van der Waals surface area (Å²) in [5.41, 5.74) is 0.688. The highest BCUT2D eigenvalue weighted by Crippen LogP contribution is 2.32. The largest absolute Gasteiger partial charge is 0.486 e. The van der Waals surface area contributed by atoms with Crippen LogP contribution in [-0.2, 0) is 4.79 Å². The molecule has 2 rings (SSSR count). The summed E-state index contributed by atoms with van der Waals surface area (Å²) in [6.45, 7) is 1.94. The number of nitrogens with one attached hydrogen (secondary N) is 2. The molecule has 0 spiro atoms. The Balaban J connectivity index is 1.85. The number of carbonyl (C=O) groups excluding carboxylic acids is 1. The number of hydrogen-bond donors (Lipinski definition) is 2. The van der Waals surface area contributed by atoms with Crippen molar-refractivity contribution in [2.75, 3.05) is 31.6 Å². The Hall–Kier alpha value is -2.19. The van der Waals surface area contributed by atoms with E-state index in [0.717, 1.165) is 0 Å². The van der Waals surface area contributed by atoms with E-state index in [9.17, 15) is 4.79 Å². The lowest BCUT2D eigenvalue weighted by Crippen LogP contribution is -2.28. The molecular weight excluding hydrogens is 244 g/mol. The molecular formula is C14H16N2O3. The van der Waals surface area contributed by atoms with Crippen molar-refractivity contribution in [1.82, 2.24) is 5.32 Å². The first kappa shape index (κ1) is 13.2. The normalized spacial score (nSPS) is 12.6. The van der Waals surface area contributed by atoms with Crippen molar-refractivity contribution in [3.8, 4) is 23.8 Å². The molecule has 1 aromatic rings. The molecule has 0 unspecified atom stereocenters. The predicted octanol–water partition coefficient (Wildman–Crippen LogP) is 1.01. The standard InChI is InChI=1S/C14H16N2O3/c1-2-3-6-15-10-14(17)16-11-4-5-12-13(9-11)19-8-7-18-12/h1,4-5,9,15H,3,6-8,10H2,(H,16,17). The Bertz CT molecular complexity index is 494. The molecule has 0 fully saturated rings. The van der Waals surface area contributed by atoms with Gasteiger partial charge < -0.3 is 20.1 Å². The third kappa shape index (κ3) is 3.90. The van der Waals surface area contributed by atoms with Gasteiger partial charge in [0.1, 0.15) is 13.2 Å². The monoisotopic (exact) mass is 260 g/mol. The van der Waals surface area contributed by atoms with Gasteiger partial charge >= 0.3 is 0 Å². The van der Waals surface area contributed by atoms with Crippen LogP contribution in [0.3, 0.4) is 0 Å². The summed E-state index contributed by atoms with van der Waals surface area (Å²) in [6, 6.07) is 5.33. The fourth-order valence-electron chi connectivity index (χ4n) is 1.69. The molecule has 100 valence electrons. The average Bonchev–Trinajstić information content (AvgIpc) is 2.43. The molecule has 0 atom stereocenters. The van der Waals surface area contributed by atoms with E-state index in [-0.39, 0.29) is 12.5 Å². The fraction of sp³-hybridized carbons (Fsp3) is 0.357. The molecule has 5 heteroatoms. The number of fused-ring (bicyclic) bond motifs is 1. The molecule has 19 heavy (non-hydrogen) atoms. The number of anilines is 1. The highest BCUT2D eigenvalue weighted by molar-refractivity contribution is 5.92. The summed E-state index contributed by atoms with van der Waals surface area (Å²) in [5, 5.41) is 5.74. The Kier molecular flexibility index (Phi) is 4.65. The van der Waals surface area contributed by atoms with Crippen LogP contribution in [0.5, 0.6) is 11.5 Å². The smallest absolute Gasteiger partial charge is 0.238 e. The van der Waals surface area contributed by atoms with Crippen LogP contribution in [0.15, 0.2) is 18.2 Å². The number of hydrogen-bond acceptors (Lipinski definition) is 4. The molecule has 0 aromatic heterocycles. The van der Waals surface area contributed by atoms with E-state index in [1.165, 1.54) is 0 Å². The number of ether oxygens (including phenoxy) is 2. The quantitative estimate of drug-likeness (QED) is 0.613. The second kappa shape index (κ2) is 6.66. The van der Waals surface area contributed by atoms with Crippen molar-refractivity contribution in [3.63, 3.8) is 0 Å². The van der Waals surface area contributed by atoms with Crippen molar-refractivity contribution in [3.05, 3.63) is 18.2 Å². The SMILES string of the molecule is C#CCCNCC(=O)Nc1ccc2c(c1)OCCO2. The summed E-state index contributed by atoms with van der Waals surface area (Å²) < 4.78 is 10.9. The van der Waals surface area contributed by atoms with Gasteiger partial charge in [-0.3, -0.25) is 4.79 Å². The summed E-state index contributed by atoms with van der Waals surface area (Å²) in [6.07, 6.45) is 5.73. The maximum atomic E-state index is 11.6. The van der Waals surface area contributed by atoms with Gasteiger partial charge in [0.05, 0.1) is 6.54 Å². The van der Waals surface area contributed by atoms with Crippen molar-refractivity contribution < 1.29 is 14.3 Å².